The number of pyridine rings is 1. The highest BCUT2D eigenvalue weighted by Gasteiger charge is 2.20. The molecule has 0 atom stereocenters. The van der Waals surface area contributed by atoms with Crippen LogP contribution in [0.1, 0.15) is 18.4 Å². The fourth-order valence-electron chi connectivity index (χ4n) is 1.86. The van der Waals surface area contributed by atoms with Crippen molar-refractivity contribution < 1.29 is 0 Å². The van der Waals surface area contributed by atoms with Gasteiger partial charge in [-0.2, -0.15) is 0 Å². The van der Waals surface area contributed by atoms with Crippen molar-refractivity contribution in [1.82, 2.24) is 10.3 Å². The van der Waals surface area contributed by atoms with Crippen molar-refractivity contribution in [2.24, 2.45) is 0 Å². The van der Waals surface area contributed by atoms with Gasteiger partial charge in [-0.3, -0.25) is 4.98 Å². The Balaban J connectivity index is 1.93. The Morgan fingerprint density at radius 3 is 3.00 bits per heavy atom. The molecule has 1 aliphatic rings. The van der Waals surface area contributed by atoms with Gasteiger partial charge in [-0.05, 0) is 30.5 Å². The zero-order valence-corrected chi connectivity index (χ0v) is 8.61. The first-order valence-corrected chi connectivity index (χ1v) is 5.49. The second kappa shape index (κ2) is 3.63. The van der Waals surface area contributed by atoms with Gasteiger partial charge in [0, 0.05) is 24.2 Å². The summed E-state index contributed by atoms with van der Waals surface area (Å²) in [5.74, 6) is 0. The first-order chi connectivity index (χ1) is 7.43. The molecule has 1 aromatic carbocycles. The van der Waals surface area contributed by atoms with Gasteiger partial charge in [-0.15, -0.1) is 0 Å². The highest BCUT2D eigenvalue weighted by molar-refractivity contribution is 5.81. The standard InChI is InChI=1S/C13H14N2/c1-3-10(9-15-11-6-7-11)12-4-2-8-14-13(12)5-1/h1-5,8,11,15H,6-7,9H2. The van der Waals surface area contributed by atoms with Gasteiger partial charge >= 0.3 is 0 Å². The molecule has 15 heavy (non-hydrogen) atoms. The predicted molar refractivity (Wildman–Crippen MR) is 61.6 cm³/mol. The van der Waals surface area contributed by atoms with Gasteiger partial charge in [0.2, 0.25) is 0 Å². The summed E-state index contributed by atoms with van der Waals surface area (Å²) in [7, 11) is 0. The van der Waals surface area contributed by atoms with Crippen molar-refractivity contribution in [1.29, 1.82) is 0 Å². The summed E-state index contributed by atoms with van der Waals surface area (Å²) in [5, 5.41) is 4.81. The summed E-state index contributed by atoms with van der Waals surface area (Å²) < 4.78 is 0. The number of nitrogens with zero attached hydrogens (tertiary/aromatic N) is 1. The van der Waals surface area contributed by atoms with Crippen LogP contribution in [0.25, 0.3) is 10.9 Å². The number of fused-ring (bicyclic) bond motifs is 1. The van der Waals surface area contributed by atoms with Crippen LogP contribution in [-0.4, -0.2) is 11.0 Å². The Labute approximate surface area is 89.3 Å². The Morgan fingerprint density at radius 1 is 1.20 bits per heavy atom. The summed E-state index contributed by atoms with van der Waals surface area (Å²) >= 11 is 0. The van der Waals surface area contributed by atoms with E-state index in [0.717, 1.165) is 18.1 Å². The first-order valence-electron chi connectivity index (χ1n) is 5.49. The number of hydrogen-bond acceptors (Lipinski definition) is 2. The lowest BCUT2D eigenvalue weighted by Gasteiger charge is -2.06. The Hall–Kier alpha value is -1.41. The molecule has 0 saturated heterocycles. The van der Waals surface area contributed by atoms with E-state index in [2.05, 4.69) is 34.6 Å². The molecule has 0 spiro atoms. The largest absolute Gasteiger partial charge is 0.310 e. The van der Waals surface area contributed by atoms with E-state index in [4.69, 9.17) is 0 Å². The Bertz CT molecular complexity index is 469. The molecule has 1 N–H and O–H groups in total. The van der Waals surface area contributed by atoms with Crippen molar-refractivity contribution in [3.05, 3.63) is 42.1 Å². The monoisotopic (exact) mass is 198 g/mol. The summed E-state index contributed by atoms with van der Waals surface area (Å²) in [6, 6.07) is 11.2. The summed E-state index contributed by atoms with van der Waals surface area (Å²) in [6.45, 7) is 0.966. The van der Waals surface area contributed by atoms with Crippen LogP contribution < -0.4 is 5.32 Å². The highest BCUT2D eigenvalue weighted by Crippen LogP contribution is 2.21. The minimum atomic E-state index is 0.761. The topological polar surface area (TPSA) is 24.9 Å². The normalized spacial score (nSPS) is 15.7. The van der Waals surface area contributed by atoms with Crippen molar-refractivity contribution in [3.63, 3.8) is 0 Å². The van der Waals surface area contributed by atoms with Crippen molar-refractivity contribution >= 4 is 10.9 Å². The van der Waals surface area contributed by atoms with E-state index in [9.17, 15) is 0 Å². The average Bonchev–Trinajstić information content (AvgIpc) is 3.10. The summed E-state index contributed by atoms with van der Waals surface area (Å²) in [4.78, 5) is 4.36. The zero-order valence-electron chi connectivity index (χ0n) is 8.61. The van der Waals surface area contributed by atoms with Crippen LogP contribution in [0.5, 0.6) is 0 Å². The van der Waals surface area contributed by atoms with E-state index in [1.165, 1.54) is 23.8 Å². The lowest BCUT2D eigenvalue weighted by atomic mass is 10.1. The fraction of sp³-hybridized carbons (Fsp3) is 0.308. The third kappa shape index (κ3) is 1.85. The van der Waals surface area contributed by atoms with Crippen LogP contribution in [-0.2, 0) is 6.54 Å². The van der Waals surface area contributed by atoms with Crippen LogP contribution in [0, 0.1) is 0 Å². The maximum atomic E-state index is 4.36. The number of aromatic nitrogens is 1. The van der Waals surface area contributed by atoms with E-state index in [1.54, 1.807) is 0 Å². The van der Waals surface area contributed by atoms with Gasteiger partial charge in [0.1, 0.15) is 0 Å². The van der Waals surface area contributed by atoms with E-state index >= 15 is 0 Å². The van der Waals surface area contributed by atoms with E-state index in [-0.39, 0.29) is 0 Å². The fourth-order valence-corrected chi connectivity index (χ4v) is 1.86. The van der Waals surface area contributed by atoms with Crippen LogP contribution in [0.3, 0.4) is 0 Å². The average molecular weight is 198 g/mol. The second-order valence-corrected chi connectivity index (χ2v) is 4.14. The molecule has 1 aliphatic carbocycles. The molecule has 1 heterocycles. The number of nitrogens with one attached hydrogen (secondary N) is 1. The molecule has 0 bridgehead atoms. The lowest BCUT2D eigenvalue weighted by molar-refractivity contribution is 0.691. The SMILES string of the molecule is c1cc(CNC2CC2)c2cccnc2c1. The van der Waals surface area contributed by atoms with Gasteiger partial charge in [-0.25, -0.2) is 0 Å². The van der Waals surface area contributed by atoms with Gasteiger partial charge in [0.15, 0.2) is 0 Å². The third-order valence-corrected chi connectivity index (χ3v) is 2.89. The quantitative estimate of drug-likeness (QED) is 0.819. The van der Waals surface area contributed by atoms with Crippen LogP contribution in [0.4, 0.5) is 0 Å². The van der Waals surface area contributed by atoms with Gasteiger partial charge in [0.05, 0.1) is 5.52 Å². The molecule has 76 valence electrons. The molecule has 0 unspecified atom stereocenters. The predicted octanol–water partition coefficient (Wildman–Crippen LogP) is 2.49. The van der Waals surface area contributed by atoms with E-state index in [0.29, 0.717) is 0 Å². The molecule has 1 aromatic heterocycles. The first kappa shape index (κ1) is 8.86. The van der Waals surface area contributed by atoms with Crippen LogP contribution in [0.2, 0.25) is 0 Å². The van der Waals surface area contributed by atoms with Crippen molar-refractivity contribution in [3.8, 4) is 0 Å². The number of benzene rings is 1. The molecule has 0 amide bonds. The molecule has 2 heteroatoms. The third-order valence-electron chi connectivity index (χ3n) is 2.89. The minimum absolute atomic E-state index is 0.761. The molecular weight excluding hydrogens is 184 g/mol. The zero-order chi connectivity index (χ0) is 10.1. The molecule has 2 nitrogen and oxygen atoms in total. The lowest BCUT2D eigenvalue weighted by Crippen LogP contribution is -2.15. The van der Waals surface area contributed by atoms with E-state index < -0.39 is 0 Å². The molecule has 2 aromatic rings. The van der Waals surface area contributed by atoms with Gasteiger partial charge < -0.3 is 5.32 Å². The minimum Gasteiger partial charge on any atom is -0.310 e. The van der Waals surface area contributed by atoms with Crippen LogP contribution >= 0.6 is 0 Å². The molecule has 0 radical (unpaired) electrons. The number of hydrogen-bond donors (Lipinski definition) is 1. The molecule has 1 fully saturated rings. The molecular formula is C13H14N2. The maximum absolute atomic E-state index is 4.36. The summed E-state index contributed by atoms with van der Waals surface area (Å²) in [6.07, 6.45) is 4.52. The van der Waals surface area contributed by atoms with E-state index in [1.807, 2.05) is 12.3 Å². The molecule has 1 saturated carbocycles. The Kier molecular flexibility index (Phi) is 2.14. The maximum Gasteiger partial charge on any atom is 0.0705 e. The van der Waals surface area contributed by atoms with Crippen molar-refractivity contribution in [2.75, 3.05) is 0 Å². The smallest absolute Gasteiger partial charge is 0.0705 e. The summed E-state index contributed by atoms with van der Waals surface area (Å²) in [5.41, 5.74) is 2.44. The van der Waals surface area contributed by atoms with Gasteiger partial charge in [-0.1, -0.05) is 18.2 Å². The van der Waals surface area contributed by atoms with Gasteiger partial charge in [0.25, 0.3) is 0 Å². The van der Waals surface area contributed by atoms with Crippen LogP contribution in [0.15, 0.2) is 36.5 Å². The Morgan fingerprint density at radius 2 is 2.13 bits per heavy atom. The van der Waals surface area contributed by atoms with Crippen molar-refractivity contribution in [2.45, 2.75) is 25.4 Å². The molecule has 3 rings (SSSR count). The second-order valence-electron chi connectivity index (χ2n) is 4.14. The number of rotatable bonds is 3. The molecule has 0 aliphatic heterocycles. The highest BCUT2D eigenvalue weighted by atomic mass is 14.9.